The molecule has 4 N–H and O–H groups in total. The highest BCUT2D eigenvalue weighted by Gasteiger charge is 2.13. The average molecular weight is 303 g/mol. The third kappa shape index (κ3) is 2.54. The molecule has 0 fully saturated rings. The van der Waals surface area contributed by atoms with Crippen LogP contribution in [0, 0.1) is 13.8 Å². The van der Waals surface area contributed by atoms with Gasteiger partial charge in [-0.2, -0.15) is 0 Å². The molecule has 0 aliphatic heterocycles. The first-order valence-electron chi connectivity index (χ1n) is 6.70. The maximum absolute atomic E-state index is 11.2. The zero-order valence-corrected chi connectivity index (χ0v) is 12.9. The Balaban J connectivity index is 1.95. The minimum Gasteiger partial charge on any atom is -0.408 e. The number of nitrogens with two attached hydrogens (primary N) is 1. The first-order valence-corrected chi connectivity index (χ1v) is 7.51. The second kappa shape index (κ2) is 4.96. The van der Waals surface area contributed by atoms with Crippen LogP contribution in [0.15, 0.2) is 27.4 Å². The van der Waals surface area contributed by atoms with Gasteiger partial charge >= 0.3 is 5.76 Å². The summed E-state index contributed by atoms with van der Waals surface area (Å²) in [6, 6.07) is 5.79. The van der Waals surface area contributed by atoms with Crippen LogP contribution in [0.4, 0.5) is 11.4 Å². The number of hydrogen-bond donors (Lipinski definition) is 3. The zero-order chi connectivity index (χ0) is 15.1. The van der Waals surface area contributed by atoms with Crippen LogP contribution in [-0.4, -0.2) is 4.98 Å². The van der Waals surface area contributed by atoms with E-state index >= 15 is 0 Å². The van der Waals surface area contributed by atoms with E-state index in [1.54, 1.807) is 23.5 Å². The van der Waals surface area contributed by atoms with E-state index in [1.807, 2.05) is 0 Å². The van der Waals surface area contributed by atoms with Crippen LogP contribution < -0.4 is 16.8 Å². The minimum atomic E-state index is -0.473. The van der Waals surface area contributed by atoms with Crippen LogP contribution in [0.25, 0.3) is 11.1 Å². The van der Waals surface area contributed by atoms with Gasteiger partial charge in [-0.3, -0.25) is 4.98 Å². The van der Waals surface area contributed by atoms with Crippen LogP contribution in [0.1, 0.15) is 28.3 Å². The van der Waals surface area contributed by atoms with E-state index in [0.717, 1.165) is 5.69 Å². The Kier molecular flexibility index (Phi) is 3.25. The molecule has 0 saturated carbocycles. The van der Waals surface area contributed by atoms with Gasteiger partial charge in [0, 0.05) is 21.9 Å². The van der Waals surface area contributed by atoms with Gasteiger partial charge in [-0.25, -0.2) is 4.79 Å². The summed E-state index contributed by atoms with van der Waals surface area (Å²) < 4.78 is 5.00. The molecular weight excluding hydrogens is 286 g/mol. The molecule has 1 atom stereocenters. The molecule has 0 spiro atoms. The molecule has 110 valence electrons. The SMILES string of the molecule is Cc1cc(C(C)Nc2cc3[nH]c(=O)oc3cc2N)c(C)s1. The Morgan fingerprint density at radius 1 is 1.33 bits per heavy atom. The lowest BCUT2D eigenvalue weighted by Crippen LogP contribution is -2.08. The highest BCUT2D eigenvalue weighted by Crippen LogP contribution is 2.31. The van der Waals surface area contributed by atoms with Gasteiger partial charge in [0.2, 0.25) is 0 Å². The van der Waals surface area contributed by atoms with Crippen molar-refractivity contribution in [3.8, 4) is 0 Å². The molecule has 5 nitrogen and oxygen atoms in total. The van der Waals surface area contributed by atoms with Crippen molar-refractivity contribution in [1.29, 1.82) is 0 Å². The average Bonchev–Trinajstić information content (AvgIpc) is 2.91. The van der Waals surface area contributed by atoms with Gasteiger partial charge < -0.3 is 15.5 Å². The number of aromatic nitrogens is 1. The summed E-state index contributed by atoms with van der Waals surface area (Å²) in [5.41, 5.74) is 9.75. The van der Waals surface area contributed by atoms with Gasteiger partial charge in [0.15, 0.2) is 5.58 Å². The number of oxazole rings is 1. The predicted molar refractivity (Wildman–Crippen MR) is 87.1 cm³/mol. The predicted octanol–water partition coefficient (Wildman–Crippen LogP) is 3.55. The molecule has 2 heterocycles. The number of aryl methyl sites for hydroxylation is 2. The fourth-order valence-corrected chi connectivity index (χ4v) is 3.55. The molecule has 3 aromatic rings. The van der Waals surface area contributed by atoms with Crippen molar-refractivity contribution < 1.29 is 4.42 Å². The topological polar surface area (TPSA) is 84.0 Å². The van der Waals surface area contributed by atoms with E-state index in [4.69, 9.17) is 10.2 Å². The van der Waals surface area contributed by atoms with Gasteiger partial charge in [-0.1, -0.05) is 0 Å². The number of anilines is 2. The Morgan fingerprint density at radius 2 is 2.10 bits per heavy atom. The van der Waals surface area contributed by atoms with E-state index in [2.05, 4.69) is 37.1 Å². The molecule has 0 saturated heterocycles. The van der Waals surface area contributed by atoms with Crippen LogP contribution >= 0.6 is 11.3 Å². The normalized spacial score (nSPS) is 12.7. The lowest BCUT2D eigenvalue weighted by atomic mass is 10.1. The number of hydrogen-bond acceptors (Lipinski definition) is 5. The summed E-state index contributed by atoms with van der Waals surface area (Å²) in [4.78, 5) is 16.4. The van der Waals surface area contributed by atoms with Gasteiger partial charge in [-0.15, -0.1) is 11.3 Å². The Hall–Kier alpha value is -2.21. The summed E-state index contributed by atoms with van der Waals surface area (Å²) in [7, 11) is 0. The molecule has 1 aromatic carbocycles. The Morgan fingerprint density at radius 3 is 2.76 bits per heavy atom. The summed E-state index contributed by atoms with van der Waals surface area (Å²) >= 11 is 1.78. The van der Waals surface area contributed by atoms with Crippen LogP contribution in [0.3, 0.4) is 0 Å². The van der Waals surface area contributed by atoms with Crippen molar-refractivity contribution in [1.82, 2.24) is 4.98 Å². The highest BCUT2D eigenvalue weighted by atomic mass is 32.1. The summed E-state index contributed by atoms with van der Waals surface area (Å²) in [5.74, 6) is -0.473. The van der Waals surface area contributed by atoms with Gasteiger partial charge in [-0.05, 0) is 38.5 Å². The van der Waals surface area contributed by atoms with Crippen molar-refractivity contribution in [2.24, 2.45) is 0 Å². The maximum Gasteiger partial charge on any atom is 0.417 e. The lowest BCUT2D eigenvalue weighted by molar-refractivity contribution is 0.555. The number of fused-ring (bicyclic) bond motifs is 1. The van der Waals surface area contributed by atoms with Crippen molar-refractivity contribution in [3.63, 3.8) is 0 Å². The molecule has 0 amide bonds. The molecule has 0 aliphatic rings. The Bertz CT molecular complexity index is 860. The lowest BCUT2D eigenvalue weighted by Gasteiger charge is -2.17. The maximum atomic E-state index is 11.2. The number of nitrogen functional groups attached to an aromatic ring is 1. The summed E-state index contributed by atoms with van der Waals surface area (Å²) in [6.45, 7) is 6.31. The quantitative estimate of drug-likeness (QED) is 0.646. The molecule has 2 aromatic heterocycles. The zero-order valence-electron chi connectivity index (χ0n) is 12.1. The summed E-state index contributed by atoms with van der Waals surface area (Å²) in [5, 5.41) is 3.40. The number of aromatic amines is 1. The van der Waals surface area contributed by atoms with Gasteiger partial charge in [0.05, 0.1) is 16.9 Å². The number of nitrogens with one attached hydrogen (secondary N) is 2. The highest BCUT2D eigenvalue weighted by molar-refractivity contribution is 7.12. The summed E-state index contributed by atoms with van der Waals surface area (Å²) in [6.07, 6.45) is 0. The number of rotatable bonds is 3. The molecule has 21 heavy (non-hydrogen) atoms. The number of thiophene rings is 1. The van der Waals surface area contributed by atoms with Crippen LogP contribution in [-0.2, 0) is 0 Å². The minimum absolute atomic E-state index is 0.133. The standard InChI is InChI=1S/C15H17N3O2S/c1-7-4-10(9(3)21-7)8(2)17-12-6-13-14(5-11(12)16)20-15(19)18-13/h4-6,8,17H,16H2,1-3H3,(H,18,19). The molecular formula is C15H17N3O2S. The number of H-pyrrole nitrogens is 1. The van der Waals surface area contributed by atoms with E-state index in [-0.39, 0.29) is 6.04 Å². The Labute approximate surface area is 125 Å². The van der Waals surface area contributed by atoms with E-state index in [1.165, 1.54) is 15.3 Å². The largest absolute Gasteiger partial charge is 0.417 e. The molecule has 3 rings (SSSR count). The van der Waals surface area contributed by atoms with E-state index < -0.39 is 5.76 Å². The molecule has 1 unspecified atom stereocenters. The first kappa shape index (κ1) is 13.8. The second-order valence-corrected chi connectivity index (χ2v) is 6.65. The monoisotopic (exact) mass is 303 g/mol. The van der Waals surface area contributed by atoms with Gasteiger partial charge in [0.1, 0.15) is 0 Å². The van der Waals surface area contributed by atoms with Crippen molar-refractivity contribution in [2.75, 3.05) is 11.1 Å². The van der Waals surface area contributed by atoms with Crippen molar-refractivity contribution >= 4 is 33.8 Å². The number of benzene rings is 1. The van der Waals surface area contributed by atoms with Crippen LogP contribution in [0.5, 0.6) is 0 Å². The molecule has 6 heteroatoms. The fraction of sp³-hybridized carbons (Fsp3) is 0.267. The van der Waals surface area contributed by atoms with Crippen LogP contribution in [0.2, 0.25) is 0 Å². The second-order valence-electron chi connectivity index (χ2n) is 5.18. The molecule has 0 radical (unpaired) electrons. The third-order valence-corrected chi connectivity index (χ3v) is 4.49. The van der Waals surface area contributed by atoms with Crippen molar-refractivity contribution in [2.45, 2.75) is 26.8 Å². The van der Waals surface area contributed by atoms with Crippen molar-refractivity contribution in [3.05, 3.63) is 44.1 Å². The first-order chi connectivity index (χ1) is 9.94. The fourth-order valence-electron chi connectivity index (χ4n) is 2.53. The molecule has 0 aliphatic carbocycles. The van der Waals surface area contributed by atoms with E-state index in [9.17, 15) is 4.79 Å². The molecule has 0 bridgehead atoms. The van der Waals surface area contributed by atoms with Gasteiger partial charge in [0.25, 0.3) is 0 Å². The third-order valence-electron chi connectivity index (χ3n) is 3.51. The smallest absolute Gasteiger partial charge is 0.408 e. The van der Waals surface area contributed by atoms with E-state index in [0.29, 0.717) is 16.8 Å².